The lowest BCUT2D eigenvalue weighted by Crippen LogP contribution is -2.19. The number of rotatable bonds is 5. The van der Waals surface area contributed by atoms with Gasteiger partial charge in [0.1, 0.15) is 13.8 Å². The topological polar surface area (TPSA) is 60.4 Å². The minimum atomic E-state index is -1.65. The molecular weight excluding hydrogens is 474 g/mol. The summed E-state index contributed by atoms with van der Waals surface area (Å²) in [6, 6.07) is 18.4. The predicted octanol–water partition coefficient (Wildman–Crippen LogP) is 6.93. The van der Waals surface area contributed by atoms with Gasteiger partial charge in [0, 0.05) is 34.1 Å². The summed E-state index contributed by atoms with van der Waals surface area (Å²) in [5.41, 5.74) is 5.43. The van der Waals surface area contributed by atoms with Crippen LogP contribution in [0.2, 0.25) is 24.7 Å². The van der Waals surface area contributed by atoms with Crippen LogP contribution in [0.15, 0.2) is 93.7 Å². The highest BCUT2D eigenvalue weighted by Crippen LogP contribution is 2.32. The molecule has 0 saturated heterocycles. The Hall–Kier alpha value is -3.92. The maximum Gasteiger partial charge on any atom is 0.282 e. The maximum absolute atomic E-state index is 13.5. The van der Waals surface area contributed by atoms with Crippen molar-refractivity contribution >= 4 is 31.6 Å². The van der Waals surface area contributed by atoms with Gasteiger partial charge in [-0.05, 0) is 42.5 Å². The van der Waals surface area contributed by atoms with Crippen molar-refractivity contribution in [1.29, 1.82) is 0 Å². The van der Waals surface area contributed by atoms with Gasteiger partial charge in [-0.2, -0.15) is 4.98 Å². The summed E-state index contributed by atoms with van der Waals surface area (Å²) < 4.78 is 7.66. The van der Waals surface area contributed by atoms with Gasteiger partial charge < -0.3 is 4.42 Å². The van der Waals surface area contributed by atoms with E-state index in [1.54, 1.807) is 24.4 Å². The van der Waals surface area contributed by atoms with Gasteiger partial charge in [-0.3, -0.25) is 14.4 Å². The Kier molecular flexibility index (Phi) is 7.01. The molecule has 2 aromatic heterocycles. The molecule has 0 bridgehead atoms. The van der Waals surface area contributed by atoms with E-state index in [0.717, 1.165) is 11.1 Å². The maximum atomic E-state index is 13.5. The van der Waals surface area contributed by atoms with Gasteiger partial charge in [0.2, 0.25) is 5.89 Å². The van der Waals surface area contributed by atoms with Crippen LogP contribution in [0.4, 0.5) is 5.69 Å². The highest BCUT2D eigenvalue weighted by Gasteiger charge is 2.21. The number of benzene rings is 2. The van der Waals surface area contributed by atoms with E-state index in [-0.39, 0.29) is 11.2 Å². The number of pyridine rings is 1. The Balaban J connectivity index is 2.00. The molecule has 0 aliphatic carbocycles. The third-order valence-corrected chi connectivity index (χ3v) is 5.99. The van der Waals surface area contributed by atoms with Crippen LogP contribution in [0.25, 0.3) is 28.6 Å². The highest BCUT2D eigenvalue weighted by atomic mass is 35.5. The van der Waals surface area contributed by atoms with Crippen LogP contribution in [-0.4, -0.2) is 23.8 Å². The molecule has 0 atom stereocenters. The molecule has 7 heteroatoms. The molecule has 4 rings (SSSR count). The zero-order valence-corrected chi connectivity index (χ0v) is 21.5. The molecule has 0 amide bonds. The summed E-state index contributed by atoms with van der Waals surface area (Å²) in [6.07, 6.45) is 4.69. The Morgan fingerprint density at radius 3 is 2.46 bits per heavy atom. The third kappa shape index (κ3) is 5.77. The average molecular weight is 498 g/mol. The van der Waals surface area contributed by atoms with Crippen molar-refractivity contribution in [3.05, 3.63) is 100 Å². The first-order chi connectivity index (χ1) is 16.7. The van der Waals surface area contributed by atoms with Gasteiger partial charge >= 0.3 is 0 Å². The number of oxazole rings is 1. The van der Waals surface area contributed by atoms with Gasteiger partial charge in [-0.15, -0.1) is 5.54 Å². The molecule has 2 heterocycles. The number of nitrogens with zero attached hydrogens (tertiary/aromatic N) is 3. The van der Waals surface area contributed by atoms with Crippen LogP contribution in [0, 0.1) is 11.5 Å². The number of hydrogen-bond donors (Lipinski definition) is 0. The monoisotopic (exact) mass is 497 g/mol. The van der Waals surface area contributed by atoms with E-state index >= 15 is 0 Å². The third-order valence-electron chi connectivity index (χ3n) is 4.86. The first-order valence-electron chi connectivity index (χ1n) is 11.0. The SMILES string of the molecule is C=CC=Nc1cc(C#C[Si](C)(C)C)cn(-c2nc(-c3ccccc3)oc2-c2ccc(Cl)cc2)c1=O. The van der Waals surface area contributed by atoms with Crippen LogP contribution >= 0.6 is 11.6 Å². The molecule has 0 radical (unpaired) electrons. The number of aliphatic imine (C=N–C) groups is 1. The summed E-state index contributed by atoms with van der Waals surface area (Å²) in [6.45, 7) is 10.1. The molecule has 0 aliphatic rings. The Bertz CT molecular complexity index is 1520. The van der Waals surface area contributed by atoms with E-state index in [1.165, 1.54) is 16.9 Å². The largest absolute Gasteiger partial charge is 0.434 e. The molecule has 2 aromatic carbocycles. The molecule has 0 spiro atoms. The minimum Gasteiger partial charge on any atom is -0.434 e. The van der Waals surface area contributed by atoms with E-state index in [2.05, 4.69) is 42.7 Å². The van der Waals surface area contributed by atoms with E-state index in [0.29, 0.717) is 28.1 Å². The number of halogens is 1. The van der Waals surface area contributed by atoms with Crippen molar-refractivity contribution in [2.24, 2.45) is 4.99 Å². The molecule has 4 aromatic rings. The molecular formula is C28H24ClN3O2Si. The van der Waals surface area contributed by atoms with Crippen molar-refractivity contribution in [2.75, 3.05) is 0 Å². The van der Waals surface area contributed by atoms with Crippen molar-refractivity contribution < 1.29 is 4.42 Å². The second-order valence-corrected chi connectivity index (χ2v) is 14.0. The second kappa shape index (κ2) is 10.1. The van der Waals surface area contributed by atoms with Crippen LogP contribution in [-0.2, 0) is 0 Å². The molecule has 0 N–H and O–H groups in total. The zero-order chi connectivity index (χ0) is 25.0. The summed E-state index contributed by atoms with van der Waals surface area (Å²) in [5.74, 6) is 4.41. The fourth-order valence-corrected chi connectivity index (χ4v) is 3.89. The zero-order valence-electron chi connectivity index (χ0n) is 19.7. The van der Waals surface area contributed by atoms with Gasteiger partial charge in [-0.25, -0.2) is 0 Å². The highest BCUT2D eigenvalue weighted by molar-refractivity contribution is 6.83. The van der Waals surface area contributed by atoms with E-state index < -0.39 is 8.07 Å². The van der Waals surface area contributed by atoms with Crippen molar-refractivity contribution in [1.82, 2.24) is 9.55 Å². The lowest BCUT2D eigenvalue weighted by atomic mass is 10.1. The Morgan fingerprint density at radius 2 is 1.80 bits per heavy atom. The van der Waals surface area contributed by atoms with Gasteiger partial charge in [0.05, 0.1) is 0 Å². The fraction of sp³-hybridized carbons (Fsp3) is 0.107. The summed E-state index contributed by atoms with van der Waals surface area (Å²) in [5, 5.41) is 0.597. The number of hydrogen-bond acceptors (Lipinski definition) is 4. The van der Waals surface area contributed by atoms with Crippen molar-refractivity contribution in [3.63, 3.8) is 0 Å². The molecule has 0 saturated carbocycles. The van der Waals surface area contributed by atoms with Crippen LogP contribution < -0.4 is 5.56 Å². The molecule has 0 unspecified atom stereocenters. The summed E-state index contributed by atoms with van der Waals surface area (Å²) in [7, 11) is -1.65. The van der Waals surface area contributed by atoms with Crippen molar-refractivity contribution in [2.45, 2.75) is 19.6 Å². The lowest BCUT2D eigenvalue weighted by molar-refractivity contribution is 0.588. The molecule has 5 nitrogen and oxygen atoms in total. The second-order valence-electron chi connectivity index (χ2n) is 8.85. The quantitative estimate of drug-likeness (QED) is 0.170. The first kappa shape index (κ1) is 24.2. The summed E-state index contributed by atoms with van der Waals surface area (Å²) >= 11 is 6.11. The average Bonchev–Trinajstić information content (AvgIpc) is 3.28. The predicted molar refractivity (Wildman–Crippen MR) is 147 cm³/mol. The molecule has 0 aliphatic heterocycles. The molecule has 174 valence electrons. The van der Waals surface area contributed by atoms with Crippen molar-refractivity contribution in [3.8, 4) is 40.1 Å². The lowest BCUT2D eigenvalue weighted by Gasteiger charge is -2.08. The Morgan fingerprint density at radius 1 is 1.09 bits per heavy atom. The van der Waals surface area contributed by atoms with Crippen LogP contribution in [0.1, 0.15) is 5.56 Å². The smallest absolute Gasteiger partial charge is 0.282 e. The standard InChI is InChI=1S/C28H24ClN3O2Si/c1-5-16-30-24-18-20(15-17-35(2,3)4)19-32(28(24)33)26-25(21-11-13-23(29)14-12-21)34-27(31-26)22-9-7-6-8-10-22/h5-14,16,18-19H,1H2,2-4H3. The Labute approximate surface area is 210 Å². The van der Waals surface area contributed by atoms with E-state index in [1.807, 2.05) is 42.5 Å². The number of aromatic nitrogens is 2. The van der Waals surface area contributed by atoms with Gasteiger partial charge in [-0.1, -0.05) is 68.0 Å². The van der Waals surface area contributed by atoms with Crippen LogP contribution in [0.3, 0.4) is 0 Å². The van der Waals surface area contributed by atoms with E-state index in [9.17, 15) is 4.79 Å². The molecule has 35 heavy (non-hydrogen) atoms. The molecule has 0 fully saturated rings. The number of allylic oxidation sites excluding steroid dienone is 1. The first-order valence-corrected chi connectivity index (χ1v) is 14.9. The van der Waals surface area contributed by atoms with Gasteiger partial charge in [0.25, 0.3) is 5.56 Å². The fourth-order valence-electron chi connectivity index (χ4n) is 3.25. The minimum absolute atomic E-state index is 0.235. The normalized spacial score (nSPS) is 11.3. The summed E-state index contributed by atoms with van der Waals surface area (Å²) in [4.78, 5) is 22.5. The van der Waals surface area contributed by atoms with Crippen LogP contribution in [0.5, 0.6) is 0 Å². The van der Waals surface area contributed by atoms with E-state index in [4.69, 9.17) is 21.0 Å². The van der Waals surface area contributed by atoms with Gasteiger partial charge in [0.15, 0.2) is 11.6 Å².